The van der Waals surface area contributed by atoms with E-state index in [1.165, 1.54) is 5.56 Å². The third-order valence-corrected chi connectivity index (χ3v) is 4.65. The largest absolute Gasteiger partial charge is 0.366 e. The van der Waals surface area contributed by atoms with E-state index in [9.17, 15) is 0 Å². The normalized spacial score (nSPS) is 11.6. The van der Waals surface area contributed by atoms with Gasteiger partial charge in [0.1, 0.15) is 11.6 Å². The number of aromatic nitrogens is 3. The summed E-state index contributed by atoms with van der Waals surface area (Å²) >= 11 is 0. The number of rotatable bonds is 7. The molecule has 1 unspecified atom stereocenters. The molecule has 4 aromatic rings. The standard InChI is InChI=1S/C24H23N5/c1-18(20-8-4-2-5-9-20)27-23-16-22(26-17-19-12-14-25-15-13-19)28-24(29-23)21-10-6-3-7-11-21/h2-16,18H,17H2,1H3,(H2,26,27,28,29). The van der Waals surface area contributed by atoms with Gasteiger partial charge in [-0.05, 0) is 30.2 Å². The van der Waals surface area contributed by atoms with E-state index in [0.29, 0.717) is 12.4 Å². The summed E-state index contributed by atoms with van der Waals surface area (Å²) in [6, 6.07) is 26.4. The summed E-state index contributed by atoms with van der Waals surface area (Å²) in [4.78, 5) is 13.5. The first-order chi connectivity index (χ1) is 14.3. The van der Waals surface area contributed by atoms with Crippen LogP contribution in [0.15, 0.2) is 91.3 Å². The fourth-order valence-corrected chi connectivity index (χ4v) is 3.07. The highest BCUT2D eigenvalue weighted by Crippen LogP contribution is 2.24. The van der Waals surface area contributed by atoms with Crippen LogP contribution in [0.4, 0.5) is 11.6 Å². The van der Waals surface area contributed by atoms with Gasteiger partial charge in [0, 0.05) is 36.6 Å². The van der Waals surface area contributed by atoms with Crippen LogP contribution in [0.5, 0.6) is 0 Å². The predicted molar refractivity (Wildman–Crippen MR) is 118 cm³/mol. The molecule has 0 aliphatic heterocycles. The first-order valence-corrected chi connectivity index (χ1v) is 9.67. The lowest BCUT2D eigenvalue weighted by molar-refractivity contribution is 0.872. The van der Waals surface area contributed by atoms with E-state index < -0.39 is 0 Å². The average molecular weight is 381 g/mol. The predicted octanol–water partition coefficient (Wildman–Crippen LogP) is 5.32. The Morgan fingerprint density at radius 3 is 2.17 bits per heavy atom. The smallest absolute Gasteiger partial charge is 0.163 e. The van der Waals surface area contributed by atoms with Crippen LogP contribution in [0.2, 0.25) is 0 Å². The summed E-state index contributed by atoms with van der Waals surface area (Å²) < 4.78 is 0. The second-order valence-corrected chi connectivity index (χ2v) is 6.81. The molecule has 2 aromatic carbocycles. The molecular weight excluding hydrogens is 358 g/mol. The molecule has 29 heavy (non-hydrogen) atoms. The Balaban J connectivity index is 1.61. The van der Waals surface area contributed by atoms with Gasteiger partial charge in [-0.3, -0.25) is 4.98 Å². The molecule has 0 fully saturated rings. The summed E-state index contributed by atoms with van der Waals surface area (Å²) in [7, 11) is 0. The number of hydrogen-bond acceptors (Lipinski definition) is 5. The number of pyridine rings is 1. The van der Waals surface area contributed by atoms with E-state index in [4.69, 9.17) is 9.97 Å². The van der Waals surface area contributed by atoms with Crippen molar-refractivity contribution in [3.8, 4) is 11.4 Å². The summed E-state index contributed by atoms with van der Waals surface area (Å²) in [5, 5.41) is 6.91. The molecule has 0 saturated carbocycles. The van der Waals surface area contributed by atoms with Gasteiger partial charge in [-0.25, -0.2) is 9.97 Å². The van der Waals surface area contributed by atoms with E-state index in [-0.39, 0.29) is 6.04 Å². The third-order valence-electron chi connectivity index (χ3n) is 4.65. The van der Waals surface area contributed by atoms with Crippen LogP contribution in [-0.4, -0.2) is 15.0 Å². The van der Waals surface area contributed by atoms with Crippen molar-refractivity contribution in [1.29, 1.82) is 0 Å². The van der Waals surface area contributed by atoms with E-state index in [0.717, 1.165) is 22.8 Å². The minimum absolute atomic E-state index is 0.128. The van der Waals surface area contributed by atoms with Crippen LogP contribution in [0.1, 0.15) is 24.1 Å². The summed E-state index contributed by atoms with van der Waals surface area (Å²) in [6.07, 6.45) is 3.59. The summed E-state index contributed by atoms with van der Waals surface area (Å²) in [6.45, 7) is 2.80. The second kappa shape index (κ2) is 8.97. The molecule has 4 rings (SSSR count). The molecule has 2 N–H and O–H groups in total. The van der Waals surface area contributed by atoms with E-state index in [1.54, 1.807) is 12.4 Å². The van der Waals surface area contributed by atoms with Crippen molar-refractivity contribution >= 4 is 11.6 Å². The highest BCUT2D eigenvalue weighted by molar-refractivity contribution is 5.61. The van der Waals surface area contributed by atoms with Gasteiger partial charge in [-0.15, -0.1) is 0 Å². The van der Waals surface area contributed by atoms with Gasteiger partial charge in [-0.2, -0.15) is 0 Å². The molecule has 0 bridgehead atoms. The zero-order valence-corrected chi connectivity index (χ0v) is 16.3. The topological polar surface area (TPSA) is 62.7 Å². The molecule has 2 heterocycles. The number of hydrogen-bond donors (Lipinski definition) is 2. The first kappa shape index (κ1) is 18.6. The van der Waals surface area contributed by atoms with Crippen molar-refractivity contribution in [2.45, 2.75) is 19.5 Å². The maximum absolute atomic E-state index is 4.75. The molecule has 5 heteroatoms. The lowest BCUT2D eigenvalue weighted by Crippen LogP contribution is -2.10. The number of nitrogens with zero attached hydrogens (tertiary/aromatic N) is 3. The van der Waals surface area contributed by atoms with Crippen molar-refractivity contribution in [1.82, 2.24) is 15.0 Å². The Kier molecular flexibility index (Phi) is 5.76. The highest BCUT2D eigenvalue weighted by Gasteiger charge is 2.10. The summed E-state index contributed by atoms with van der Waals surface area (Å²) in [5.41, 5.74) is 3.33. The maximum atomic E-state index is 4.75. The molecule has 144 valence electrons. The molecule has 0 amide bonds. The van der Waals surface area contributed by atoms with E-state index in [1.807, 2.05) is 66.7 Å². The van der Waals surface area contributed by atoms with Crippen molar-refractivity contribution in [3.05, 3.63) is 102 Å². The van der Waals surface area contributed by atoms with Crippen molar-refractivity contribution < 1.29 is 0 Å². The van der Waals surface area contributed by atoms with Crippen molar-refractivity contribution in [2.24, 2.45) is 0 Å². The fraction of sp³-hybridized carbons (Fsp3) is 0.125. The van der Waals surface area contributed by atoms with Gasteiger partial charge >= 0.3 is 0 Å². The second-order valence-electron chi connectivity index (χ2n) is 6.81. The van der Waals surface area contributed by atoms with Gasteiger partial charge in [0.25, 0.3) is 0 Å². The monoisotopic (exact) mass is 381 g/mol. The van der Waals surface area contributed by atoms with Gasteiger partial charge in [0.05, 0.1) is 0 Å². The van der Waals surface area contributed by atoms with Gasteiger partial charge in [0.15, 0.2) is 5.82 Å². The number of nitrogens with one attached hydrogen (secondary N) is 2. The Hall–Kier alpha value is -3.73. The lowest BCUT2D eigenvalue weighted by Gasteiger charge is -2.17. The van der Waals surface area contributed by atoms with Crippen molar-refractivity contribution in [2.75, 3.05) is 10.6 Å². The quantitative estimate of drug-likeness (QED) is 0.453. The van der Waals surface area contributed by atoms with Crippen LogP contribution >= 0.6 is 0 Å². The zero-order valence-electron chi connectivity index (χ0n) is 16.3. The number of anilines is 2. The Morgan fingerprint density at radius 1 is 0.793 bits per heavy atom. The lowest BCUT2D eigenvalue weighted by atomic mass is 10.1. The molecule has 0 spiro atoms. The van der Waals surface area contributed by atoms with Gasteiger partial charge in [-0.1, -0.05) is 60.7 Å². The third kappa shape index (κ3) is 4.96. The van der Waals surface area contributed by atoms with Crippen LogP contribution in [0.25, 0.3) is 11.4 Å². The minimum atomic E-state index is 0.128. The minimum Gasteiger partial charge on any atom is -0.366 e. The SMILES string of the molecule is CC(Nc1cc(NCc2ccncc2)nc(-c2ccccc2)n1)c1ccccc1. The Bertz CT molecular complexity index is 1040. The molecular formula is C24H23N5. The first-order valence-electron chi connectivity index (χ1n) is 9.67. The van der Waals surface area contributed by atoms with E-state index >= 15 is 0 Å². The molecule has 5 nitrogen and oxygen atoms in total. The number of benzene rings is 2. The maximum Gasteiger partial charge on any atom is 0.163 e. The molecule has 0 radical (unpaired) electrons. The highest BCUT2D eigenvalue weighted by atomic mass is 15.1. The Labute approximate surface area is 170 Å². The molecule has 0 aliphatic carbocycles. The molecule has 0 aliphatic rings. The molecule has 0 saturated heterocycles. The zero-order chi connectivity index (χ0) is 19.9. The van der Waals surface area contributed by atoms with Crippen LogP contribution in [0.3, 0.4) is 0 Å². The van der Waals surface area contributed by atoms with Crippen molar-refractivity contribution in [3.63, 3.8) is 0 Å². The summed E-state index contributed by atoms with van der Waals surface area (Å²) in [5.74, 6) is 2.25. The van der Waals surface area contributed by atoms with Gasteiger partial charge in [0.2, 0.25) is 0 Å². The molecule has 1 atom stereocenters. The van der Waals surface area contributed by atoms with Gasteiger partial charge < -0.3 is 10.6 Å². The van der Waals surface area contributed by atoms with Crippen LogP contribution < -0.4 is 10.6 Å². The van der Waals surface area contributed by atoms with Crippen LogP contribution in [0, 0.1) is 0 Å². The Morgan fingerprint density at radius 2 is 1.45 bits per heavy atom. The molecule has 2 aromatic heterocycles. The van der Waals surface area contributed by atoms with Crippen LogP contribution in [-0.2, 0) is 6.54 Å². The fourth-order valence-electron chi connectivity index (χ4n) is 3.07. The van der Waals surface area contributed by atoms with E-state index in [2.05, 4.69) is 34.7 Å². The average Bonchev–Trinajstić information content (AvgIpc) is 2.79.